The van der Waals surface area contributed by atoms with E-state index in [-0.39, 0.29) is 18.2 Å². The normalized spacial score (nSPS) is 15.4. The summed E-state index contributed by atoms with van der Waals surface area (Å²) in [7, 11) is 1.61. The van der Waals surface area contributed by atoms with Crippen LogP contribution in [0.3, 0.4) is 0 Å². The van der Waals surface area contributed by atoms with E-state index < -0.39 is 5.92 Å². The van der Waals surface area contributed by atoms with E-state index in [2.05, 4.69) is 15.5 Å². The van der Waals surface area contributed by atoms with Crippen molar-refractivity contribution in [1.29, 1.82) is 0 Å². The van der Waals surface area contributed by atoms with Crippen LogP contribution in [0.25, 0.3) is 22.8 Å². The lowest BCUT2D eigenvalue weighted by molar-refractivity contribution is -0.122. The maximum absolute atomic E-state index is 12.9. The number of aromatic nitrogens is 2. The molecule has 0 spiro atoms. The summed E-state index contributed by atoms with van der Waals surface area (Å²) in [5.41, 5.74) is 2.87. The summed E-state index contributed by atoms with van der Waals surface area (Å²) in [6, 6.07) is 23.9. The van der Waals surface area contributed by atoms with Crippen molar-refractivity contribution < 1.29 is 18.8 Å². The summed E-state index contributed by atoms with van der Waals surface area (Å²) >= 11 is 0. The minimum Gasteiger partial charge on any atom is -0.497 e. The lowest BCUT2D eigenvalue weighted by atomic mass is 10.1. The fourth-order valence-electron chi connectivity index (χ4n) is 3.91. The van der Waals surface area contributed by atoms with Gasteiger partial charge in [0.1, 0.15) is 5.75 Å². The van der Waals surface area contributed by atoms with E-state index in [1.165, 1.54) is 0 Å². The van der Waals surface area contributed by atoms with Gasteiger partial charge in [-0.15, -0.1) is 0 Å². The molecular formula is C26H22N4O4. The number of hydrogen-bond acceptors (Lipinski definition) is 6. The molecule has 5 rings (SSSR count). The van der Waals surface area contributed by atoms with Gasteiger partial charge in [0.05, 0.1) is 13.0 Å². The second kappa shape index (κ2) is 9.19. The molecule has 0 saturated carbocycles. The number of amides is 2. The molecule has 1 N–H and O–H groups in total. The van der Waals surface area contributed by atoms with E-state index in [0.717, 1.165) is 17.0 Å². The number of carbonyl (C=O) groups is 2. The molecule has 1 atom stereocenters. The Morgan fingerprint density at radius 3 is 2.59 bits per heavy atom. The molecule has 0 radical (unpaired) electrons. The number of anilines is 2. The second-order valence-corrected chi connectivity index (χ2v) is 7.96. The van der Waals surface area contributed by atoms with Crippen molar-refractivity contribution in [2.75, 3.05) is 23.9 Å². The minimum absolute atomic E-state index is 0.0583. The summed E-state index contributed by atoms with van der Waals surface area (Å²) < 4.78 is 10.6. The molecule has 8 nitrogen and oxygen atoms in total. The first kappa shape index (κ1) is 21.4. The first-order valence-corrected chi connectivity index (χ1v) is 10.9. The Hall–Kier alpha value is -4.46. The van der Waals surface area contributed by atoms with Crippen LogP contribution >= 0.6 is 0 Å². The van der Waals surface area contributed by atoms with Crippen molar-refractivity contribution in [1.82, 2.24) is 10.1 Å². The maximum Gasteiger partial charge on any atom is 0.258 e. The Morgan fingerprint density at radius 1 is 1.03 bits per heavy atom. The van der Waals surface area contributed by atoms with Gasteiger partial charge in [0, 0.05) is 35.5 Å². The zero-order chi connectivity index (χ0) is 23.5. The number of nitrogens with zero attached hydrogens (tertiary/aromatic N) is 3. The number of benzene rings is 3. The SMILES string of the molecule is COc1ccc(-c2noc(-c3cccc(NC(=O)C4CC(=O)N(c5ccccc5)C4)c3)n2)cc1. The Balaban J connectivity index is 1.28. The molecule has 170 valence electrons. The first-order chi connectivity index (χ1) is 16.6. The number of methoxy groups -OCH3 is 1. The number of hydrogen-bond donors (Lipinski definition) is 1. The zero-order valence-electron chi connectivity index (χ0n) is 18.5. The molecule has 8 heteroatoms. The molecule has 34 heavy (non-hydrogen) atoms. The Morgan fingerprint density at radius 2 is 1.82 bits per heavy atom. The molecule has 1 aliphatic heterocycles. The molecule has 2 heterocycles. The van der Waals surface area contributed by atoms with Gasteiger partial charge in [-0.1, -0.05) is 29.4 Å². The van der Waals surface area contributed by atoms with Gasteiger partial charge in [-0.2, -0.15) is 4.98 Å². The summed E-state index contributed by atoms with van der Waals surface area (Å²) in [6.07, 6.45) is 0.176. The first-order valence-electron chi connectivity index (χ1n) is 10.9. The summed E-state index contributed by atoms with van der Waals surface area (Å²) in [4.78, 5) is 31.4. The topological polar surface area (TPSA) is 97.6 Å². The van der Waals surface area contributed by atoms with Gasteiger partial charge in [0.2, 0.25) is 17.6 Å². The van der Waals surface area contributed by atoms with E-state index >= 15 is 0 Å². The number of rotatable bonds is 6. The molecular weight excluding hydrogens is 432 g/mol. The number of para-hydroxylation sites is 1. The summed E-state index contributed by atoms with van der Waals surface area (Å²) in [5.74, 6) is 0.851. The van der Waals surface area contributed by atoms with Crippen LogP contribution in [-0.4, -0.2) is 35.6 Å². The van der Waals surface area contributed by atoms with Crippen molar-refractivity contribution in [3.8, 4) is 28.6 Å². The van der Waals surface area contributed by atoms with Crippen LogP contribution in [0.2, 0.25) is 0 Å². The minimum atomic E-state index is -0.429. The van der Waals surface area contributed by atoms with Gasteiger partial charge < -0.3 is 19.5 Å². The molecule has 1 fully saturated rings. The predicted octanol–water partition coefficient (Wildman–Crippen LogP) is 4.40. The molecule has 0 aliphatic carbocycles. The lowest BCUT2D eigenvalue weighted by Gasteiger charge is -2.16. The highest BCUT2D eigenvalue weighted by molar-refractivity contribution is 6.03. The van der Waals surface area contributed by atoms with E-state index in [9.17, 15) is 9.59 Å². The van der Waals surface area contributed by atoms with Crippen molar-refractivity contribution in [3.05, 3.63) is 78.9 Å². The number of ether oxygens (including phenoxy) is 1. The average Bonchev–Trinajstić information content (AvgIpc) is 3.52. The third-order valence-electron chi connectivity index (χ3n) is 5.71. The van der Waals surface area contributed by atoms with E-state index in [4.69, 9.17) is 9.26 Å². The van der Waals surface area contributed by atoms with Crippen molar-refractivity contribution >= 4 is 23.2 Å². The third kappa shape index (κ3) is 4.38. The van der Waals surface area contributed by atoms with Crippen LogP contribution in [0.15, 0.2) is 83.4 Å². The highest BCUT2D eigenvalue weighted by atomic mass is 16.5. The zero-order valence-corrected chi connectivity index (χ0v) is 18.5. The van der Waals surface area contributed by atoms with Crippen molar-refractivity contribution in [3.63, 3.8) is 0 Å². The smallest absolute Gasteiger partial charge is 0.258 e. The van der Waals surface area contributed by atoms with E-state index in [1.54, 1.807) is 30.2 Å². The van der Waals surface area contributed by atoms with Crippen molar-refractivity contribution in [2.45, 2.75) is 6.42 Å². The molecule has 0 bridgehead atoms. The second-order valence-electron chi connectivity index (χ2n) is 7.96. The maximum atomic E-state index is 12.9. The molecule has 4 aromatic rings. The Kier molecular flexibility index (Phi) is 5.78. The standard InChI is InChI=1S/C26H22N4O4/c1-33-22-12-10-17(11-13-22)24-28-26(34-29-24)18-6-5-7-20(14-18)27-25(32)19-15-23(31)30(16-19)21-8-3-2-4-9-21/h2-14,19H,15-16H2,1H3,(H,27,32). The van der Waals surface area contributed by atoms with Crippen LogP contribution in [-0.2, 0) is 9.59 Å². The fourth-order valence-corrected chi connectivity index (χ4v) is 3.91. The van der Waals surface area contributed by atoms with Gasteiger partial charge in [-0.25, -0.2) is 0 Å². The van der Waals surface area contributed by atoms with Crippen LogP contribution in [0.4, 0.5) is 11.4 Å². The number of carbonyl (C=O) groups excluding carboxylic acids is 2. The Bertz CT molecular complexity index is 1320. The highest BCUT2D eigenvalue weighted by Crippen LogP contribution is 2.28. The molecule has 1 aliphatic rings. The van der Waals surface area contributed by atoms with Crippen LogP contribution < -0.4 is 15.0 Å². The lowest BCUT2D eigenvalue weighted by Crippen LogP contribution is -2.28. The largest absolute Gasteiger partial charge is 0.497 e. The summed E-state index contributed by atoms with van der Waals surface area (Å²) in [5, 5.41) is 6.98. The fraction of sp³-hybridized carbons (Fsp3) is 0.154. The number of nitrogens with one attached hydrogen (secondary N) is 1. The highest BCUT2D eigenvalue weighted by Gasteiger charge is 2.35. The molecule has 1 aromatic heterocycles. The van der Waals surface area contributed by atoms with Crippen LogP contribution in [0, 0.1) is 5.92 Å². The van der Waals surface area contributed by atoms with E-state index in [0.29, 0.717) is 29.5 Å². The van der Waals surface area contributed by atoms with Gasteiger partial charge in [-0.05, 0) is 54.6 Å². The van der Waals surface area contributed by atoms with Gasteiger partial charge in [0.15, 0.2) is 0 Å². The molecule has 2 amide bonds. The third-order valence-corrected chi connectivity index (χ3v) is 5.71. The van der Waals surface area contributed by atoms with E-state index in [1.807, 2.05) is 60.7 Å². The molecule has 1 saturated heterocycles. The van der Waals surface area contributed by atoms with Gasteiger partial charge >= 0.3 is 0 Å². The monoisotopic (exact) mass is 454 g/mol. The molecule has 3 aromatic carbocycles. The summed E-state index contributed by atoms with van der Waals surface area (Å²) in [6.45, 7) is 0.350. The Labute approximate surface area is 196 Å². The quantitative estimate of drug-likeness (QED) is 0.464. The molecule has 1 unspecified atom stereocenters. The van der Waals surface area contributed by atoms with Gasteiger partial charge in [-0.3, -0.25) is 9.59 Å². The van der Waals surface area contributed by atoms with Crippen molar-refractivity contribution in [2.24, 2.45) is 5.92 Å². The predicted molar refractivity (Wildman–Crippen MR) is 127 cm³/mol. The van der Waals surface area contributed by atoms with Crippen LogP contribution in [0.1, 0.15) is 6.42 Å². The van der Waals surface area contributed by atoms with Crippen LogP contribution in [0.5, 0.6) is 5.75 Å². The van der Waals surface area contributed by atoms with Gasteiger partial charge in [0.25, 0.3) is 5.89 Å². The average molecular weight is 454 g/mol.